The third kappa shape index (κ3) is 3.44. The molecule has 0 bridgehead atoms. The molecule has 4 nitrogen and oxygen atoms in total. The van der Waals surface area contributed by atoms with Crippen LogP contribution in [0, 0.1) is 39.4 Å². The molecule has 1 heterocycles. The fourth-order valence-electron chi connectivity index (χ4n) is 2.40. The lowest BCUT2D eigenvalue weighted by Gasteiger charge is -2.20. The second-order valence-electron chi connectivity index (χ2n) is 5.22. The van der Waals surface area contributed by atoms with Crippen LogP contribution >= 0.6 is 0 Å². The van der Waals surface area contributed by atoms with E-state index in [1.807, 2.05) is 6.07 Å². The topological polar surface area (TPSA) is 76.3 Å². The molecular weight excluding hydrogens is 305 g/mol. The average molecular weight is 316 g/mol. The summed E-state index contributed by atoms with van der Waals surface area (Å²) in [6.45, 7) is -0.224. The molecule has 0 fully saturated rings. The molecule has 0 amide bonds. The number of benzene rings is 1. The van der Waals surface area contributed by atoms with E-state index in [0.717, 1.165) is 0 Å². The molecule has 0 atom stereocenters. The third-order valence-electron chi connectivity index (χ3n) is 3.61. The van der Waals surface area contributed by atoms with Gasteiger partial charge in [0.15, 0.2) is 5.41 Å². The van der Waals surface area contributed by atoms with E-state index >= 15 is 0 Å². The quantitative estimate of drug-likeness (QED) is 0.858. The number of hydrogen-bond donors (Lipinski definition) is 0. The number of hydrogen-bond acceptors (Lipinski definition) is 3. The summed E-state index contributed by atoms with van der Waals surface area (Å²) in [4.78, 5) is 0. The highest BCUT2D eigenvalue weighted by Gasteiger charge is 2.37. The van der Waals surface area contributed by atoms with Crippen LogP contribution in [0.2, 0.25) is 0 Å². The zero-order valence-electron chi connectivity index (χ0n) is 11.9. The molecule has 0 saturated heterocycles. The minimum atomic E-state index is -4.43. The Kier molecular flexibility index (Phi) is 4.29. The first-order valence-electron chi connectivity index (χ1n) is 6.71. The number of halogens is 3. The van der Waals surface area contributed by atoms with Crippen molar-refractivity contribution in [1.82, 2.24) is 4.57 Å². The van der Waals surface area contributed by atoms with Crippen LogP contribution in [0.4, 0.5) is 13.2 Å². The fourth-order valence-corrected chi connectivity index (χ4v) is 2.40. The van der Waals surface area contributed by atoms with E-state index in [-0.39, 0.29) is 6.54 Å². The third-order valence-corrected chi connectivity index (χ3v) is 3.61. The van der Waals surface area contributed by atoms with Crippen LogP contribution < -0.4 is 0 Å². The minimum Gasteiger partial charge on any atom is -0.343 e. The van der Waals surface area contributed by atoms with Crippen molar-refractivity contribution in [3.05, 3.63) is 36.0 Å². The Morgan fingerprint density at radius 3 is 2.22 bits per heavy atom. The Bertz CT molecular complexity index is 829. The van der Waals surface area contributed by atoms with Crippen molar-refractivity contribution in [3.8, 4) is 18.2 Å². The van der Waals surface area contributed by atoms with Gasteiger partial charge in [0.25, 0.3) is 0 Å². The molecule has 116 valence electrons. The Morgan fingerprint density at radius 1 is 1.00 bits per heavy atom. The molecule has 0 saturated carbocycles. The van der Waals surface area contributed by atoms with Gasteiger partial charge >= 0.3 is 6.18 Å². The molecule has 1 aromatic heterocycles. The van der Waals surface area contributed by atoms with Gasteiger partial charge in [-0.2, -0.15) is 29.0 Å². The smallest absolute Gasteiger partial charge is 0.343 e. The van der Waals surface area contributed by atoms with Gasteiger partial charge in [-0.05, 0) is 12.5 Å². The molecule has 0 aliphatic heterocycles. The van der Waals surface area contributed by atoms with Gasteiger partial charge in [-0.3, -0.25) is 0 Å². The van der Waals surface area contributed by atoms with E-state index in [1.54, 1.807) is 36.4 Å². The standard InChI is InChI=1S/C16H11F3N4/c17-16(18,19)6-5-15(9-21,10-22)11-23-8-12(7-20)13-3-1-2-4-14(13)23/h1-4,8H,5-6,11H2. The lowest BCUT2D eigenvalue weighted by Crippen LogP contribution is -2.25. The first kappa shape index (κ1) is 16.4. The first-order valence-corrected chi connectivity index (χ1v) is 6.71. The van der Waals surface area contributed by atoms with E-state index in [0.29, 0.717) is 16.5 Å². The molecule has 0 aliphatic rings. The van der Waals surface area contributed by atoms with Crippen molar-refractivity contribution >= 4 is 10.9 Å². The number of para-hydroxylation sites is 1. The van der Waals surface area contributed by atoms with Gasteiger partial charge in [0, 0.05) is 23.5 Å². The SMILES string of the molecule is N#Cc1cn(CC(C#N)(C#N)CCC(F)(F)F)c2ccccc12. The highest BCUT2D eigenvalue weighted by molar-refractivity contribution is 5.86. The lowest BCUT2D eigenvalue weighted by atomic mass is 9.86. The van der Waals surface area contributed by atoms with Crippen molar-refractivity contribution in [1.29, 1.82) is 15.8 Å². The molecule has 2 aromatic rings. The van der Waals surface area contributed by atoms with Crippen LogP contribution in [0.1, 0.15) is 18.4 Å². The van der Waals surface area contributed by atoms with Crippen molar-refractivity contribution in [2.75, 3.05) is 0 Å². The summed E-state index contributed by atoms with van der Waals surface area (Å²) in [7, 11) is 0. The highest BCUT2D eigenvalue weighted by Crippen LogP contribution is 2.33. The maximum absolute atomic E-state index is 12.4. The highest BCUT2D eigenvalue weighted by atomic mass is 19.4. The zero-order chi connectivity index (χ0) is 17.1. The molecule has 2 rings (SSSR count). The molecule has 0 radical (unpaired) electrons. The van der Waals surface area contributed by atoms with Gasteiger partial charge in [0.2, 0.25) is 0 Å². The van der Waals surface area contributed by atoms with E-state index in [1.165, 1.54) is 10.8 Å². The largest absolute Gasteiger partial charge is 0.389 e. The molecule has 0 unspecified atom stereocenters. The maximum Gasteiger partial charge on any atom is 0.389 e. The molecule has 0 spiro atoms. The summed E-state index contributed by atoms with van der Waals surface area (Å²) in [6.07, 6.45) is -4.80. The number of rotatable bonds is 4. The number of fused-ring (bicyclic) bond motifs is 1. The predicted octanol–water partition coefficient (Wildman–Crippen LogP) is 3.89. The average Bonchev–Trinajstić information content (AvgIpc) is 2.88. The molecule has 0 aliphatic carbocycles. The number of aromatic nitrogens is 1. The van der Waals surface area contributed by atoms with Gasteiger partial charge in [0.1, 0.15) is 6.07 Å². The lowest BCUT2D eigenvalue weighted by molar-refractivity contribution is -0.138. The van der Waals surface area contributed by atoms with Gasteiger partial charge in [0.05, 0.1) is 24.2 Å². The van der Waals surface area contributed by atoms with Crippen LogP contribution in [-0.4, -0.2) is 10.7 Å². The van der Waals surface area contributed by atoms with Crippen molar-refractivity contribution in [2.45, 2.75) is 25.6 Å². The van der Waals surface area contributed by atoms with Crippen LogP contribution in [0.3, 0.4) is 0 Å². The first-order chi connectivity index (χ1) is 10.8. The van der Waals surface area contributed by atoms with Crippen LogP contribution in [0.15, 0.2) is 30.5 Å². The van der Waals surface area contributed by atoms with Gasteiger partial charge in [-0.15, -0.1) is 0 Å². The normalized spacial score (nSPS) is 11.7. The van der Waals surface area contributed by atoms with Gasteiger partial charge in [-0.1, -0.05) is 18.2 Å². The zero-order valence-corrected chi connectivity index (χ0v) is 11.9. The molecule has 1 aromatic carbocycles. The molecule has 0 N–H and O–H groups in total. The van der Waals surface area contributed by atoms with E-state index in [2.05, 4.69) is 0 Å². The Balaban J connectivity index is 2.41. The van der Waals surface area contributed by atoms with Crippen LogP contribution in [0.25, 0.3) is 10.9 Å². The number of alkyl halides is 3. The van der Waals surface area contributed by atoms with Gasteiger partial charge < -0.3 is 4.57 Å². The summed E-state index contributed by atoms with van der Waals surface area (Å²) < 4.78 is 38.8. The molecule has 7 heteroatoms. The molecular formula is C16H11F3N4. The van der Waals surface area contributed by atoms with Gasteiger partial charge in [-0.25, -0.2) is 0 Å². The number of nitrogens with zero attached hydrogens (tertiary/aromatic N) is 4. The fraction of sp³-hybridized carbons (Fsp3) is 0.312. The van der Waals surface area contributed by atoms with E-state index in [4.69, 9.17) is 5.26 Å². The second-order valence-corrected chi connectivity index (χ2v) is 5.22. The summed E-state index contributed by atoms with van der Waals surface area (Å²) in [5.74, 6) is 0. The summed E-state index contributed by atoms with van der Waals surface area (Å²) in [5, 5.41) is 28.3. The van der Waals surface area contributed by atoms with Crippen molar-refractivity contribution in [2.24, 2.45) is 5.41 Å². The van der Waals surface area contributed by atoms with Crippen molar-refractivity contribution in [3.63, 3.8) is 0 Å². The van der Waals surface area contributed by atoms with E-state index < -0.39 is 24.4 Å². The molecule has 23 heavy (non-hydrogen) atoms. The summed E-state index contributed by atoms with van der Waals surface area (Å²) >= 11 is 0. The number of nitriles is 3. The predicted molar refractivity (Wildman–Crippen MR) is 75.6 cm³/mol. The van der Waals surface area contributed by atoms with Crippen LogP contribution in [-0.2, 0) is 6.54 Å². The minimum absolute atomic E-state index is 0.224. The Hall–Kier alpha value is -2.98. The van der Waals surface area contributed by atoms with Crippen molar-refractivity contribution < 1.29 is 13.2 Å². The van der Waals surface area contributed by atoms with E-state index in [9.17, 15) is 23.7 Å². The summed E-state index contributed by atoms with van der Waals surface area (Å²) in [6, 6.07) is 12.3. The summed E-state index contributed by atoms with van der Waals surface area (Å²) in [5.41, 5.74) is -0.850. The maximum atomic E-state index is 12.4. The second kappa shape index (κ2) is 6.02. The Morgan fingerprint density at radius 2 is 1.65 bits per heavy atom. The monoisotopic (exact) mass is 316 g/mol. The van der Waals surface area contributed by atoms with Crippen LogP contribution in [0.5, 0.6) is 0 Å². The Labute approximate surface area is 130 Å².